The van der Waals surface area contributed by atoms with Crippen LogP contribution in [0.25, 0.3) is 6.08 Å². The first-order valence-electron chi connectivity index (χ1n) is 8.69. The second kappa shape index (κ2) is 7.38. The van der Waals surface area contributed by atoms with Gasteiger partial charge in [0.25, 0.3) is 0 Å². The lowest BCUT2D eigenvalue weighted by atomic mass is 10.1. The molecular formula is C19H25ClN3OPS. The van der Waals surface area contributed by atoms with Crippen LogP contribution in [0.2, 0.25) is 5.02 Å². The fraction of sp³-hybridized carbons (Fsp3) is 0.421. The Labute approximate surface area is 163 Å². The van der Waals surface area contributed by atoms with Gasteiger partial charge in [-0.25, -0.2) is 9.67 Å². The SMILES string of the molecule is C=P(C)(C)C(C)=Cc1cc(N=c2sc(=O)n3n2CCCC3)c(C)cc1Cl. The number of rotatable bonds is 3. The number of hydrogen-bond donors (Lipinski definition) is 0. The topological polar surface area (TPSA) is 39.3 Å². The molecule has 0 saturated carbocycles. The molecule has 4 nitrogen and oxygen atoms in total. The summed E-state index contributed by atoms with van der Waals surface area (Å²) in [6, 6.07) is 3.96. The van der Waals surface area contributed by atoms with Gasteiger partial charge in [0, 0.05) is 18.1 Å². The van der Waals surface area contributed by atoms with E-state index in [0.717, 1.165) is 47.5 Å². The number of aromatic nitrogens is 2. The van der Waals surface area contributed by atoms with E-state index >= 15 is 0 Å². The summed E-state index contributed by atoms with van der Waals surface area (Å²) in [4.78, 5) is 17.8. The molecule has 0 unspecified atom stereocenters. The summed E-state index contributed by atoms with van der Waals surface area (Å²) in [7, 11) is 0. The van der Waals surface area contributed by atoms with Gasteiger partial charge >= 0.3 is 4.87 Å². The first kappa shape index (κ1) is 19.5. The zero-order valence-electron chi connectivity index (χ0n) is 15.8. The average Bonchev–Trinajstić information content (AvgIpc) is 2.87. The molecule has 1 aliphatic heterocycles. The van der Waals surface area contributed by atoms with Crippen LogP contribution in [0.1, 0.15) is 30.9 Å². The Morgan fingerprint density at radius 1 is 1.31 bits per heavy atom. The first-order chi connectivity index (χ1) is 12.2. The second-order valence-electron chi connectivity index (χ2n) is 7.35. The standard InChI is InChI=1S/C19H25ClN3OPS/c1-13-10-16(20)15(11-14(2)25(3,4)5)12-17(13)21-18-22-8-6-7-9-23(22)19(24)26-18/h10-12H,3,6-9H2,1-2,4-5H3. The van der Waals surface area contributed by atoms with Crippen molar-refractivity contribution >= 4 is 47.9 Å². The molecule has 26 heavy (non-hydrogen) atoms. The first-order valence-corrected chi connectivity index (χ1v) is 12.8. The zero-order chi connectivity index (χ0) is 19.1. The molecular weight excluding hydrogens is 385 g/mol. The normalized spacial score (nSPS) is 16.0. The van der Waals surface area contributed by atoms with Gasteiger partial charge in [-0.1, -0.05) is 30.9 Å². The monoisotopic (exact) mass is 409 g/mol. The van der Waals surface area contributed by atoms with E-state index in [0.29, 0.717) is 5.02 Å². The van der Waals surface area contributed by atoms with Crippen molar-refractivity contribution in [1.82, 2.24) is 9.36 Å². The lowest BCUT2D eigenvalue weighted by molar-refractivity contribution is 0.345. The van der Waals surface area contributed by atoms with E-state index in [4.69, 9.17) is 16.6 Å². The fourth-order valence-corrected chi connectivity index (χ4v) is 4.48. The van der Waals surface area contributed by atoms with Crippen LogP contribution in [0.4, 0.5) is 5.69 Å². The summed E-state index contributed by atoms with van der Waals surface area (Å²) in [5, 5.41) is 1.98. The van der Waals surface area contributed by atoms with Crippen LogP contribution in [-0.4, -0.2) is 29.0 Å². The van der Waals surface area contributed by atoms with Gasteiger partial charge in [-0.2, -0.15) is 0 Å². The van der Waals surface area contributed by atoms with E-state index in [-0.39, 0.29) is 4.87 Å². The van der Waals surface area contributed by atoms with Crippen molar-refractivity contribution in [2.45, 2.75) is 39.8 Å². The minimum Gasteiger partial charge on any atom is -0.256 e. The molecule has 0 atom stereocenters. The van der Waals surface area contributed by atoms with Gasteiger partial charge < -0.3 is 0 Å². The summed E-state index contributed by atoms with van der Waals surface area (Å²) >= 11 is 7.68. The Balaban J connectivity index is 2.14. The maximum atomic E-state index is 12.2. The van der Waals surface area contributed by atoms with Crippen molar-refractivity contribution in [1.29, 1.82) is 0 Å². The van der Waals surface area contributed by atoms with Gasteiger partial charge in [0.05, 0.1) is 5.69 Å². The van der Waals surface area contributed by atoms with Crippen molar-refractivity contribution in [2.75, 3.05) is 13.3 Å². The van der Waals surface area contributed by atoms with Gasteiger partial charge in [-0.3, -0.25) is 9.48 Å². The predicted molar refractivity (Wildman–Crippen MR) is 117 cm³/mol. The molecule has 0 saturated heterocycles. The molecule has 7 heteroatoms. The number of benzene rings is 1. The van der Waals surface area contributed by atoms with Gasteiger partial charge in [-0.15, -0.1) is 0 Å². The number of hydrogen-bond acceptors (Lipinski definition) is 3. The summed E-state index contributed by atoms with van der Waals surface area (Å²) in [5.41, 5.74) is 2.82. The Kier molecular flexibility index (Phi) is 5.53. The van der Waals surface area contributed by atoms with Crippen LogP contribution in [0, 0.1) is 6.92 Å². The molecule has 140 valence electrons. The third-order valence-corrected chi connectivity index (χ3v) is 7.98. The molecule has 0 radical (unpaired) electrons. The molecule has 0 spiro atoms. The lowest BCUT2D eigenvalue weighted by Crippen LogP contribution is -2.31. The van der Waals surface area contributed by atoms with Crippen LogP contribution in [-0.2, 0) is 13.1 Å². The minimum atomic E-state index is -1.32. The Hall–Kier alpha value is -1.29. The van der Waals surface area contributed by atoms with E-state index < -0.39 is 6.89 Å². The van der Waals surface area contributed by atoms with Gasteiger partial charge in [-0.05, 0) is 79.9 Å². The average molecular weight is 410 g/mol. The van der Waals surface area contributed by atoms with E-state index in [1.54, 1.807) is 4.68 Å². The highest BCUT2D eigenvalue weighted by Crippen LogP contribution is 2.46. The van der Waals surface area contributed by atoms with Crippen LogP contribution in [0.5, 0.6) is 0 Å². The number of nitrogens with zero attached hydrogens (tertiary/aromatic N) is 3. The van der Waals surface area contributed by atoms with Gasteiger partial charge in [0.2, 0.25) is 4.80 Å². The largest absolute Gasteiger partial charge is 0.325 e. The smallest absolute Gasteiger partial charge is 0.256 e. The van der Waals surface area contributed by atoms with Crippen molar-refractivity contribution < 1.29 is 0 Å². The highest BCUT2D eigenvalue weighted by atomic mass is 35.5. The second-order valence-corrected chi connectivity index (χ2v) is 12.7. The molecule has 2 heterocycles. The molecule has 0 bridgehead atoms. The fourth-order valence-electron chi connectivity index (χ4n) is 2.83. The molecule has 0 aliphatic carbocycles. The molecule has 0 amide bonds. The van der Waals surface area contributed by atoms with E-state index in [2.05, 4.69) is 32.6 Å². The van der Waals surface area contributed by atoms with Crippen molar-refractivity contribution in [3.63, 3.8) is 0 Å². The highest BCUT2D eigenvalue weighted by molar-refractivity contribution is 7.76. The minimum absolute atomic E-state index is 0.0645. The third kappa shape index (κ3) is 4.00. The Morgan fingerprint density at radius 2 is 1.96 bits per heavy atom. The van der Waals surface area contributed by atoms with E-state index in [1.807, 2.05) is 23.7 Å². The van der Waals surface area contributed by atoms with Crippen LogP contribution >= 0.6 is 29.8 Å². The molecule has 1 aromatic heterocycles. The van der Waals surface area contributed by atoms with Crippen LogP contribution in [0.15, 0.2) is 27.2 Å². The number of aryl methyl sites for hydroxylation is 1. The van der Waals surface area contributed by atoms with Crippen molar-refractivity contribution in [3.8, 4) is 0 Å². The number of fused-ring (bicyclic) bond motifs is 1. The Bertz CT molecular complexity index is 1050. The van der Waals surface area contributed by atoms with Gasteiger partial charge in [0.15, 0.2) is 0 Å². The highest BCUT2D eigenvalue weighted by Gasteiger charge is 2.13. The molecule has 0 N–H and O–H groups in total. The van der Waals surface area contributed by atoms with Crippen molar-refractivity contribution in [3.05, 3.63) is 48.1 Å². The molecule has 1 aliphatic rings. The van der Waals surface area contributed by atoms with Crippen molar-refractivity contribution in [2.24, 2.45) is 4.99 Å². The van der Waals surface area contributed by atoms with Gasteiger partial charge in [0.1, 0.15) is 0 Å². The predicted octanol–water partition coefficient (Wildman–Crippen LogP) is 4.77. The maximum Gasteiger partial charge on any atom is 0.325 e. The molecule has 0 fully saturated rings. The zero-order valence-corrected chi connectivity index (χ0v) is 18.2. The number of halogens is 1. The van der Waals surface area contributed by atoms with Crippen LogP contribution in [0.3, 0.4) is 0 Å². The molecule has 2 aromatic rings. The number of allylic oxidation sites excluding steroid dienone is 1. The molecule has 3 rings (SSSR count). The van der Waals surface area contributed by atoms with E-state index in [1.165, 1.54) is 16.7 Å². The summed E-state index contributed by atoms with van der Waals surface area (Å²) in [6.45, 7) is 8.79. The van der Waals surface area contributed by atoms with E-state index in [9.17, 15) is 4.79 Å². The summed E-state index contributed by atoms with van der Waals surface area (Å²) in [5.74, 6) is 0. The van der Waals surface area contributed by atoms with Crippen LogP contribution < -0.4 is 9.67 Å². The molecule has 1 aromatic carbocycles. The third-order valence-electron chi connectivity index (χ3n) is 4.74. The lowest BCUT2D eigenvalue weighted by Gasteiger charge is -2.16. The summed E-state index contributed by atoms with van der Waals surface area (Å²) in [6.07, 6.45) is 8.54. The Morgan fingerprint density at radius 3 is 2.62 bits per heavy atom. The maximum absolute atomic E-state index is 12.2. The summed E-state index contributed by atoms with van der Waals surface area (Å²) < 4.78 is 3.81. The quantitative estimate of drug-likeness (QED) is 0.673.